The van der Waals surface area contributed by atoms with Gasteiger partial charge in [0.25, 0.3) is 5.91 Å². The Morgan fingerprint density at radius 1 is 1.30 bits per heavy atom. The van der Waals surface area contributed by atoms with Crippen LogP contribution >= 0.6 is 0 Å². The third kappa shape index (κ3) is 1.49. The topological polar surface area (TPSA) is 68.2 Å². The molecule has 1 amide bonds. The van der Waals surface area contributed by atoms with E-state index in [2.05, 4.69) is 5.18 Å². The highest BCUT2D eigenvalue weighted by Gasteiger charge is 2.50. The van der Waals surface area contributed by atoms with Crippen molar-refractivity contribution in [1.82, 2.24) is 4.90 Å². The number of nitrogens with zero attached hydrogens (tertiary/aromatic N) is 2. The molecule has 0 saturated carbocycles. The molecular weight excluding hydrogens is 260 g/mol. The normalized spacial score (nSPS) is 26.7. The van der Waals surface area contributed by atoms with Crippen LogP contribution in [0.1, 0.15) is 34.8 Å². The van der Waals surface area contributed by atoms with Crippen LogP contribution in [-0.2, 0) is 9.47 Å². The van der Waals surface area contributed by atoms with Crippen LogP contribution in [0, 0.1) is 4.91 Å². The minimum atomic E-state index is -0.598. The molecule has 3 heterocycles. The molecule has 1 aromatic rings. The van der Waals surface area contributed by atoms with Crippen molar-refractivity contribution < 1.29 is 14.3 Å². The van der Waals surface area contributed by atoms with Gasteiger partial charge in [-0.15, -0.1) is 4.91 Å². The van der Waals surface area contributed by atoms with Crippen LogP contribution in [0.5, 0.6) is 0 Å². The van der Waals surface area contributed by atoms with Gasteiger partial charge in [-0.3, -0.25) is 4.79 Å². The monoisotopic (exact) mass is 274 g/mol. The van der Waals surface area contributed by atoms with Crippen LogP contribution in [0.15, 0.2) is 23.4 Å². The van der Waals surface area contributed by atoms with E-state index < -0.39 is 5.79 Å². The first kappa shape index (κ1) is 12.0. The highest BCUT2D eigenvalue weighted by molar-refractivity contribution is 6.00. The number of amides is 1. The number of fused-ring (bicyclic) bond motifs is 3. The lowest BCUT2D eigenvalue weighted by molar-refractivity contribution is -0.191. The molecule has 1 atom stereocenters. The Morgan fingerprint density at radius 3 is 2.85 bits per heavy atom. The van der Waals surface area contributed by atoms with Gasteiger partial charge in [0.05, 0.1) is 19.3 Å². The number of ether oxygens (including phenoxy) is 2. The van der Waals surface area contributed by atoms with Gasteiger partial charge >= 0.3 is 0 Å². The van der Waals surface area contributed by atoms with Crippen LogP contribution in [0.25, 0.3) is 0 Å². The lowest BCUT2D eigenvalue weighted by Gasteiger charge is -2.40. The first-order chi connectivity index (χ1) is 9.74. The van der Waals surface area contributed by atoms with E-state index in [1.807, 2.05) is 0 Å². The maximum Gasteiger partial charge on any atom is 0.254 e. The minimum absolute atomic E-state index is 0.0247. The van der Waals surface area contributed by atoms with Gasteiger partial charge in [0.2, 0.25) is 0 Å². The minimum Gasteiger partial charge on any atom is -0.347 e. The number of hydrogen-bond donors (Lipinski definition) is 0. The van der Waals surface area contributed by atoms with Gasteiger partial charge in [0.1, 0.15) is 5.69 Å². The third-order valence-electron chi connectivity index (χ3n) is 4.43. The van der Waals surface area contributed by atoms with E-state index in [4.69, 9.17) is 9.47 Å². The van der Waals surface area contributed by atoms with E-state index in [1.54, 1.807) is 23.1 Å². The Bertz CT molecular complexity index is 595. The van der Waals surface area contributed by atoms with E-state index in [0.717, 1.165) is 5.56 Å². The summed E-state index contributed by atoms with van der Waals surface area (Å²) < 4.78 is 11.5. The van der Waals surface area contributed by atoms with E-state index in [9.17, 15) is 9.70 Å². The maximum atomic E-state index is 12.4. The van der Waals surface area contributed by atoms with Crippen molar-refractivity contribution in [3.63, 3.8) is 0 Å². The van der Waals surface area contributed by atoms with Crippen molar-refractivity contribution in [3.05, 3.63) is 34.2 Å². The zero-order chi connectivity index (χ0) is 13.7. The Morgan fingerprint density at radius 2 is 2.10 bits per heavy atom. The van der Waals surface area contributed by atoms with Crippen molar-refractivity contribution in [2.45, 2.75) is 24.7 Å². The van der Waals surface area contributed by atoms with Crippen LogP contribution in [0.4, 0.5) is 5.69 Å². The summed E-state index contributed by atoms with van der Waals surface area (Å²) in [5.41, 5.74) is 1.66. The van der Waals surface area contributed by atoms with E-state index in [-0.39, 0.29) is 11.9 Å². The van der Waals surface area contributed by atoms with E-state index in [1.165, 1.54) is 0 Å². The quantitative estimate of drug-likeness (QED) is 0.735. The zero-order valence-electron chi connectivity index (χ0n) is 10.9. The second-order valence-corrected chi connectivity index (χ2v) is 5.41. The van der Waals surface area contributed by atoms with Gasteiger partial charge in [-0.2, -0.15) is 0 Å². The van der Waals surface area contributed by atoms with Crippen molar-refractivity contribution >= 4 is 11.6 Å². The molecule has 0 N–H and O–H groups in total. The largest absolute Gasteiger partial charge is 0.347 e. The molecule has 4 rings (SSSR count). The zero-order valence-corrected chi connectivity index (χ0v) is 10.9. The first-order valence-electron chi connectivity index (χ1n) is 6.79. The molecule has 0 radical (unpaired) electrons. The molecule has 1 unspecified atom stereocenters. The summed E-state index contributed by atoms with van der Waals surface area (Å²) in [7, 11) is 0. The predicted molar refractivity (Wildman–Crippen MR) is 69.5 cm³/mol. The third-order valence-corrected chi connectivity index (χ3v) is 4.43. The van der Waals surface area contributed by atoms with Crippen molar-refractivity contribution in [2.24, 2.45) is 5.18 Å². The highest BCUT2D eigenvalue weighted by Crippen LogP contribution is 2.49. The standard InChI is InChI=1S/C14H14N2O4/c17-13-9-2-1-3-10(15-18)12(9)11-8-14(4-5-16(11)13)19-6-7-20-14/h1-3,11H,4-8H2. The molecule has 1 aromatic carbocycles. The average molecular weight is 274 g/mol. The number of piperidine rings is 1. The van der Waals surface area contributed by atoms with Crippen molar-refractivity contribution in [3.8, 4) is 0 Å². The molecule has 2 fully saturated rings. The Hall–Kier alpha value is -1.79. The molecule has 0 bridgehead atoms. The Labute approximate surface area is 115 Å². The molecule has 1 spiro atoms. The summed E-state index contributed by atoms with van der Waals surface area (Å²) in [6, 6.07) is 4.94. The fraction of sp³-hybridized carbons (Fsp3) is 0.500. The van der Waals surface area contributed by atoms with E-state index in [0.29, 0.717) is 43.9 Å². The second kappa shape index (κ2) is 4.10. The van der Waals surface area contributed by atoms with Gasteiger partial charge in [-0.1, -0.05) is 6.07 Å². The lowest BCUT2D eigenvalue weighted by atomic mass is 9.92. The molecule has 0 aromatic heterocycles. The number of carbonyl (C=O) groups is 1. The number of carbonyl (C=O) groups excluding carboxylic acids is 1. The number of benzene rings is 1. The molecule has 3 aliphatic rings. The molecule has 3 aliphatic heterocycles. The molecule has 2 saturated heterocycles. The Kier molecular flexibility index (Phi) is 2.46. The van der Waals surface area contributed by atoms with Crippen molar-refractivity contribution in [1.29, 1.82) is 0 Å². The molecule has 20 heavy (non-hydrogen) atoms. The highest BCUT2D eigenvalue weighted by atomic mass is 16.7. The van der Waals surface area contributed by atoms with Crippen LogP contribution in [-0.4, -0.2) is 36.4 Å². The average Bonchev–Trinajstić information content (AvgIpc) is 3.04. The molecule has 0 aliphatic carbocycles. The van der Waals surface area contributed by atoms with E-state index >= 15 is 0 Å². The van der Waals surface area contributed by atoms with Crippen LogP contribution < -0.4 is 0 Å². The second-order valence-electron chi connectivity index (χ2n) is 5.41. The van der Waals surface area contributed by atoms with Crippen molar-refractivity contribution in [2.75, 3.05) is 19.8 Å². The molecule has 6 heteroatoms. The Balaban J connectivity index is 1.79. The number of hydrogen-bond acceptors (Lipinski definition) is 5. The van der Waals surface area contributed by atoms with Crippen LogP contribution in [0.3, 0.4) is 0 Å². The molecule has 6 nitrogen and oxygen atoms in total. The fourth-order valence-electron chi connectivity index (χ4n) is 3.54. The van der Waals surface area contributed by atoms with Crippen LogP contribution in [0.2, 0.25) is 0 Å². The SMILES string of the molecule is O=Nc1cccc2c1C1CC3(CCN1C2=O)OCCO3. The lowest BCUT2D eigenvalue weighted by Crippen LogP contribution is -2.46. The summed E-state index contributed by atoms with van der Waals surface area (Å²) in [6.07, 6.45) is 1.24. The first-order valence-corrected chi connectivity index (χ1v) is 6.79. The van der Waals surface area contributed by atoms with Gasteiger partial charge in [0.15, 0.2) is 5.79 Å². The van der Waals surface area contributed by atoms with Gasteiger partial charge < -0.3 is 14.4 Å². The molecule has 104 valence electrons. The predicted octanol–water partition coefficient (Wildman–Crippen LogP) is 2.12. The smallest absolute Gasteiger partial charge is 0.254 e. The maximum absolute atomic E-state index is 12.4. The number of rotatable bonds is 1. The van der Waals surface area contributed by atoms with Gasteiger partial charge in [-0.25, -0.2) is 0 Å². The summed E-state index contributed by atoms with van der Waals surface area (Å²) in [5, 5.41) is 3.07. The molecular formula is C14H14N2O4. The summed E-state index contributed by atoms with van der Waals surface area (Å²) in [4.78, 5) is 25.2. The summed E-state index contributed by atoms with van der Waals surface area (Å²) in [5.74, 6) is -0.623. The van der Waals surface area contributed by atoms with Gasteiger partial charge in [-0.05, 0) is 17.3 Å². The fourth-order valence-corrected chi connectivity index (χ4v) is 3.54. The summed E-state index contributed by atoms with van der Waals surface area (Å²) in [6.45, 7) is 1.75. The summed E-state index contributed by atoms with van der Waals surface area (Å²) >= 11 is 0. The van der Waals surface area contributed by atoms with Gasteiger partial charge in [0, 0.05) is 30.5 Å². The number of nitroso groups, excluding NO2 is 1.